The summed E-state index contributed by atoms with van der Waals surface area (Å²) in [5.74, 6) is 0.0584. The molecule has 0 radical (unpaired) electrons. The molecule has 0 N–H and O–H groups in total. The Morgan fingerprint density at radius 1 is 1.17 bits per heavy atom. The number of hydrogen-bond donors (Lipinski definition) is 0. The fourth-order valence-electron chi connectivity index (χ4n) is 2.34. The second-order valence-electron chi connectivity index (χ2n) is 4.84. The average molecular weight is 341 g/mol. The van der Waals surface area contributed by atoms with Crippen molar-refractivity contribution in [3.05, 3.63) is 48.3 Å². The normalized spacial score (nSPS) is 16.7. The number of alkyl halides is 3. The number of anilines is 2. The van der Waals surface area contributed by atoms with E-state index >= 15 is 0 Å². The summed E-state index contributed by atoms with van der Waals surface area (Å²) in [7, 11) is -3.91. The highest BCUT2D eigenvalue weighted by atomic mass is 32.2. The minimum absolute atomic E-state index is 0.0584. The van der Waals surface area contributed by atoms with Crippen LogP contribution in [0.3, 0.4) is 0 Å². The van der Waals surface area contributed by atoms with E-state index in [2.05, 4.69) is 9.38 Å². The van der Waals surface area contributed by atoms with E-state index in [4.69, 9.17) is 0 Å². The maximum Gasteiger partial charge on any atom is 0.416 e. The summed E-state index contributed by atoms with van der Waals surface area (Å²) in [4.78, 5) is 4.95. The van der Waals surface area contributed by atoms with E-state index < -0.39 is 21.8 Å². The van der Waals surface area contributed by atoms with Crippen molar-refractivity contribution >= 4 is 27.2 Å². The molecule has 0 saturated heterocycles. The second-order valence-corrected chi connectivity index (χ2v) is 6.41. The summed E-state index contributed by atoms with van der Waals surface area (Å²) in [5, 5.41) is 0. The molecule has 1 aliphatic rings. The molecule has 2 aromatic rings. The molecule has 0 unspecified atom stereocenters. The van der Waals surface area contributed by atoms with Crippen molar-refractivity contribution in [1.29, 1.82) is 0 Å². The lowest BCUT2D eigenvalue weighted by Gasteiger charge is -2.29. The lowest BCUT2D eigenvalue weighted by atomic mass is 10.1. The number of rotatable bonds is 1. The fourth-order valence-corrected chi connectivity index (χ4v) is 3.49. The molecule has 120 valence electrons. The lowest BCUT2D eigenvalue weighted by Crippen LogP contribution is -2.30. The summed E-state index contributed by atoms with van der Waals surface area (Å²) in [6, 6.07) is 6.03. The number of benzene rings is 1. The van der Waals surface area contributed by atoms with E-state index in [0.717, 1.165) is 18.3 Å². The van der Waals surface area contributed by atoms with Crippen LogP contribution in [0.15, 0.2) is 52.0 Å². The van der Waals surface area contributed by atoms with Crippen LogP contribution in [0.2, 0.25) is 0 Å². The van der Waals surface area contributed by atoms with Gasteiger partial charge in [0, 0.05) is 18.1 Å². The molecule has 0 amide bonds. The molecule has 0 aliphatic carbocycles. The highest BCUT2D eigenvalue weighted by molar-refractivity contribution is 7.90. The third kappa shape index (κ3) is 2.67. The zero-order valence-electron chi connectivity index (χ0n) is 11.7. The Labute approximate surface area is 130 Å². The van der Waals surface area contributed by atoms with Gasteiger partial charge in [0.05, 0.1) is 11.3 Å². The number of halogens is 3. The van der Waals surface area contributed by atoms with Crippen molar-refractivity contribution in [2.24, 2.45) is 4.40 Å². The minimum atomic E-state index is -4.50. The third-order valence-electron chi connectivity index (χ3n) is 3.29. The molecule has 3 rings (SSSR count). The fraction of sp³-hybridized carbons (Fsp3) is 0.143. The predicted octanol–water partition coefficient (Wildman–Crippen LogP) is 3.36. The highest BCUT2D eigenvalue weighted by Gasteiger charge is 2.33. The molecule has 2 heterocycles. The Kier molecular flexibility index (Phi) is 3.40. The van der Waals surface area contributed by atoms with Gasteiger partial charge in [0.25, 0.3) is 10.0 Å². The van der Waals surface area contributed by atoms with Crippen molar-refractivity contribution in [2.45, 2.75) is 18.0 Å². The SMILES string of the molecule is CC1=NS(=O)(=O)c2cnccc2N1c1cccc(C(F)(F)F)c1. The van der Waals surface area contributed by atoms with E-state index in [1.807, 2.05) is 0 Å². The highest BCUT2D eigenvalue weighted by Crippen LogP contribution is 2.38. The molecule has 0 fully saturated rings. The smallest absolute Gasteiger partial charge is 0.297 e. The first-order chi connectivity index (χ1) is 10.7. The monoisotopic (exact) mass is 341 g/mol. The van der Waals surface area contributed by atoms with Crippen LogP contribution >= 0.6 is 0 Å². The third-order valence-corrected chi connectivity index (χ3v) is 4.66. The molecule has 23 heavy (non-hydrogen) atoms. The molecular formula is C14H10F3N3O2S. The molecule has 1 aliphatic heterocycles. The number of pyridine rings is 1. The van der Waals surface area contributed by atoms with E-state index in [0.29, 0.717) is 0 Å². The lowest BCUT2D eigenvalue weighted by molar-refractivity contribution is -0.137. The van der Waals surface area contributed by atoms with Gasteiger partial charge in [-0.2, -0.15) is 21.6 Å². The summed E-state index contributed by atoms with van der Waals surface area (Å²) in [5.41, 5.74) is -0.443. The van der Waals surface area contributed by atoms with Gasteiger partial charge in [-0.3, -0.25) is 9.88 Å². The molecule has 0 atom stereocenters. The van der Waals surface area contributed by atoms with Gasteiger partial charge < -0.3 is 0 Å². The summed E-state index contributed by atoms with van der Waals surface area (Å²) < 4.78 is 66.4. The Balaban J connectivity index is 2.21. The van der Waals surface area contributed by atoms with Crippen molar-refractivity contribution in [1.82, 2.24) is 4.98 Å². The van der Waals surface area contributed by atoms with Gasteiger partial charge >= 0.3 is 6.18 Å². The zero-order chi connectivity index (χ0) is 16.8. The van der Waals surface area contributed by atoms with Crippen molar-refractivity contribution in [3.8, 4) is 0 Å². The number of fused-ring (bicyclic) bond motifs is 1. The molecule has 0 bridgehead atoms. The van der Waals surface area contributed by atoms with Gasteiger partial charge in [0.15, 0.2) is 0 Å². The molecular weight excluding hydrogens is 331 g/mol. The van der Waals surface area contributed by atoms with Crippen molar-refractivity contribution < 1.29 is 21.6 Å². The van der Waals surface area contributed by atoms with Gasteiger partial charge in [0.2, 0.25) is 0 Å². The maximum absolute atomic E-state index is 12.9. The number of amidine groups is 1. The summed E-state index contributed by atoms with van der Waals surface area (Å²) in [6.45, 7) is 1.42. The summed E-state index contributed by atoms with van der Waals surface area (Å²) >= 11 is 0. The molecule has 5 nitrogen and oxygen atoms in total. The van der Waals surface area contributed by atoms with Crippen LogP contribution in [0.25, 0.3) is 0 Å². The number of nitrogens with zero attached hydrogens (tertiary/aromatic N) is 3. The minimum Gasteiger partial charge on any atom is -0.297 e. The Bertz CT molecular complexity index is 907. The van der Waals surface area contributed by atoms with E-state index in [1.54, 1.807) is 0 Å². The number of hydrogen-bond acceptors (Lipinski definition) is 4. The van der Waals surface area contributed by atoms with Gasteiger partial charge in [-0.1, -0.05) is 6.07 Å². The standard InChI is InChI=1S/C14H10F3N3O2S/c1-9-19-23(21,22)13-8-18-6-5-12(13)20(9)11-4-2-3-10(7-11)14(15,16)17/h2-8H,1H3. The Morgan fingerprint density at radius 2 is 1.91 bits per heavy atom. The van der Waals surface area contributed by atoms with Gasteiger partial charge in [0.1, 0.15) is 10.7 Å². The zero-order valence-corrected chi connectivity index (χ0v) is 12.6. The first-order valence-electron chi connectivity index (χ1n) is 6.43. The first kappa shape index (κ1) is 15.5. The Hall–Kier alpha value is -2.42. The quantitative estimate of drug-likeness (QED) is 0.798. The van der Waals surface area contributed by atoms with Crippen LogP contribution < -0.4 is 4.90 Å². The van der Waals surface area contributed by atoms with Crippen LogP contribution in [-0.4, -0.2) is 19.2 Å². The van der Waals surface area contributed by atoms with Crippen LogP contribution in [-0.2, 0) is 16.2 Å². The average Bonchev–Trinajstić information content (AvgIpc) is 2.46. The van der Waals surface area contributed by atoms with Gasteiger partial charge in [-0.25, -0.2) is 0 Å². The van der Waals surface area contributed by atoms with Crippen LogP contribution in [0.5, 0.6) is 0 Å². The largest absolute Gasteiger partial charge is 0.416 e. The molecule has 0 spiro atoms. The van der Waals surface area contributed by atoms with Gasteiger partial charge in [-0.05, 0) is 31.2 Å². The van der Waals surface area contributed by atoms with Crippen molar-refractivity contribution in [3.63, 3.8) is 0 Å². The number of aromatic nitrogens is 1. The molecule has 1 aromatic heterocycles. The van der Waals surface area contributed by atoms with Gasteiger partial charge in [-0.15, -0.1) is 4.40 Å². The van der Waals surface area contributed by atoms with Crippen LogP contribution in [0.1, 0.15) is 12.5 Å². The molecule has 0 saturated carbocycles. The van der Waals surface area contributed by atoms with E-state index in [1.165, 1.54) is 36.2 Å². The predicted molar refractivity (Wildman–Crippen MR) is 78.1 cm³/mol. The summed E-state index contributed by atoms with van der Waals surface area (Å²) in [6.07, 6.45) is -2.00. The van der Waals surface area contributed by atoms with E-state index in [-0.39, 0.29) is 22.1 Å². The van der Waals surface area contributed by atoms with E-state index in [9.17, 15) is 21.6 Å². The second kappa shape index (κ2) is 5.05. The topological polar surface area (TPSA) is 62.6 Å². The Morgan fingerprint density at radius 3 is 2.61 bits per heavy atom. The van der Waals surface area contributed by atoms with Crippen LogP contribution in [0.4, 0.5) is 24.5 Å². The van der Waals surface area contributed by atoms with Crippen LogP contribution in [0, 0.1) is 0 Å². The van der Waals surface area contributed by atoms with Crippen molar-refractivity contribution in [2.75, 3.05) is 4.90 Å². The first-order valence-corrected chi connectivity index (χ1v) is 7.87. The number of sulfonamides is 1. The maximum atomic E-state index is 12.9. The molecule has 1 aromatic carbocycles. The molecule has 9 heteroatoms.